The van der Waals surface area contributed by atoms with Gasteiger partial charge in [0.15, 0.2) is 11.6 Å². The topological polar surface area (TPSA) is 101 Å². The Bertz CT molecular complexity index is 791. The second-order valence-corrected chi connectivity index (χ2v) is 5.21. The molecule has 0 aliphatic rings. The highest BCUT2D eigenvalue weighted by atomic mass is 15.2. The van der Waals surface area contributed by atoms with E-state index >= 15 is 0 Å². The highest BCUT2D eigenvalue weighted by molar-refractivity contribution is 5.43. The van der Waals surface area contributed by atoms with E-state index in [-0.39, 0.29) is 5.95 Å². The molecule has 0 bridgehead atoms. The highest BCUT2D eigenvalue weighted by Crippen LogP contribution is 2.19. The van der Waals surface area contributed by atoms with Crippen LogP contribution in [0.4, 0.5) is 17.6 Å². The van der Waals surface area contributed by atoms with Crippen LogP contribution in [-0.2, 0) is 13.1 Å². The van der Waals surface area contributed by atoms with Crippen molar-refractivity contribution in [3.05, 3.63) is 77.9 Å². The van der Waals surface area contributed by atoms with Gasteiger partial charge in [0.2, 0.25) is 5.95 Å². The van der Waals surface area contributed by atoms with Gasteiger partial charge in [0, 0.05) is 6.07 Å². The number of nitrogen functional groups attached to an aromatic ring is 1. The minimum Gasteiger partial charge on any atom is -0.368 e. The van der Waals surface area contributed by atoms with Crippen LogP contribution < -0.4 is 5.73 Å². The van der Waals surface area contributed by atoms with Crippen LogP contribution in [0, 0.1) is 0 Å². The Balaban J connectivity index is 1.65. The molecular weight excluding hydrogens is 314 g/mol. The summed E-state index contributed by atoms with van der Waals surface area (Å²) in [6, 6.07) is 21.3. The van der Waals surface area contributed by atoms with E-state index in [0.29, 0.717) is 24.7 Å². The average molecular weight is 331 g/mol. The molecule has 7 nitrogen and oxygen atoms in total. The Kier molecular flexibility index (Phi) is 5.50. The van der Waals surface area contributed by atoms with Gasteiger partial charge in [-0.3, -0.25) is 0 Å². The average Bonchev–Trinajstić information content (AvgIpc) is 2.63. The Morgan fingerprint density at radius 3 is 1.56 bits per heavy atom. The normalized spacial score (nSPS) is 11.4. The molecule has 0 radical (unpaired) electrons. The summed E-state index contributed by atoms with van der Waals surface area (Å²) in [6.07, 6.45) is 0. The maximum absolute atomic E-state index is 5.70. The third-order valence-corrected chi connectivity index (χ3v) is 3.25. The molecular formula is C18H17N7. The summed E-state index contributed by atoms with van der Waals surface area (Å²) in [5, 5.41) is 16.4. The van der Waals surface area contributed by atoms with Crippen molar-refractivity contribution in [3.8, 4) is 0 Å². The molecule has 2 N–H and O–H groups in total. The number of rotatable bonds is 6. The van der Waals surface area contributed by atoms with Crippen LogP contribution in [-0.4, -0.2) is 9.97 Å². The predicted molar refractivity (Wildman–Crippen MR) is 95.8 cm³/mol. The largest absolute Gasteiger partial charge is 0.368 e. The maximum Gasteiger partial charge on any atom is 0.224 e. The quantitative estimate of drug-likeness (QED) is 0.666. The Morgan fingerprint density at radius 2 is 1.12 bits per heavy atom. The number of hydrogen-bond donors (Lipinski definition) is 1. The van der Waals surface area contributed by atoms with Crippen molar-refractivity contribution in [2.75, 3.05) is 5.73 Å². The molecule has 0 saturated heterocycles. The number of anilines is 1. The van der Waals surface area contributed by atoms with E-state index in [1.165, 1.54) is 0 Å². The van der Waals surface area contributed by atoms with Gasteiger partial charge in [-0.15, -0.1) is 10.2 Å². The molecule has 25 heavy (non-hydrogen) atoms. The minimum absolute atomic E-state index is 0.0878. The SMILES string of the molecule is Nc1nc(N=NCc2ccccc2)cc(N=NCc2ccccc2)n1. The molecule has 3 rings (SSSR count). The van der Waals surface area contributed by atoms with Crippen LogP contribution in [0.3, 0.4) is 0 Å². The maximum atomic E-state index is 5.70. The van der Waals surface area contributed by atoms with Crippen LogP contribution in [0.15, 0.2) is 87.2 Å². The number of benzene rings is 2. The van der Waals surface area contributed by atoms with Gasteiger partial charge in [-0.05, 0) is 11.1 Å². The zero-order chi connectivity index (χ0) is 17.3. The molecule has 0 spiro atoms. The van der Waals surface area contributed by atoms with E-state index in [4.69, 9.17) is 5.73 Å². The third-order valence-electron chi connectivity index (χ3n) is 3.25. The number of hydrogen-bond acceptors (Lipinski definition) is 7. The number of azo groups is 2. The van der Waals surface area contributed by atoms with Gasteiger partial charge in [0.1, 0.15) is 0 Å². The Morgan fingerprint density at radius 1 is 0.680 bits per heavy atom. The van der Waals surface area contributed by atoms with Crippen molar-refractivity contribution in [2.45, 2.75) is 13.1 Å². The Labute approximate surface area is 145 Å². The first-order chi connectivity index (χ1) is 12.3. The van der Waals surface area contributed by atoms with Gasteiger partial charge in [-0.25, -0.2) is 0 Å². The molecule has 0 aliphatic heterocycles. The molecule has 0 saturated carbocycles. The number of aromatic nitrogens is 2. The van der Waals surface area contributed by atoms with Gasteiger partial charge >= 0.3 is 0 Å². The number of nitrogens with two attached hydrogens (primary N) is 1. The van der Waals surface area contributed by atoms with E-state index in [1.807, 2.05) is 60.7 Å². The molecule has 0 unspecified atom stereocenters. The lowest BCUT2D eigenvalue weighted by Gasteiger charge is -1.98. The molecule has 0 atom stereocenters. The summed E-state index contributed by atoms with van der Waals surface area (Å²) in [5.74, 6) is 0.805. The lowest BCUT2D eigenvalue weighted by atomic mass is 10.2. The second kappa shape index (κ2) is 8.39. The summed E-state index contributed by atoms with van der Waals surface area (Å²) in [5.41, 5.74) is 7.83. The van der Waals surface area contributed by atoms with Gasteiger partial charge in [-0.2, -0.15) is 20.2 Å². The zero-order valence-corrected chi connectivity index (χ0v) is 13.5. The zero-order valence-electron chi connectivity index (χ0n) is 13.5. The van der Waals surface area contributed by atoms with E-state index < -0.39 is 0 Å². The van der Waals surface area contributed by atoms with Gasteiger partial charge in [-0.1, -0.05) is 60.7 Å². The standard InChI is InChI=1S/C18H17N7/c19-18-22-16(24-20-12-14-7-3-1-4-8-14)11-17(23-18)25-21-13-15-9-5-2-6-10-15/h1-11H,12-13H2,(H2,19,22,23). The third kappa shape index (κ3) is 5.28. The lowest BCUT2D eigenvalue weighted by molar-refractivity contribution is 0.928. The number of nitrogens with zero attached hydrogens (tertiary/aromatic N) is 6. The van der Waals surface area contributed by atoms with Gasteiger partial charge in [0.05, 0.1) is 13.1 Å². The van der Waals surface area contributed by atoms with Crippen molar-refractivity contribution in [1.29, 1.82) is 0 Å². The predicted octanol–water partition coefficient (Wildman–Crippen LogP) is 4.63. The summed E-state index contributed by atoms with van der Waals surface area (Å²) in [4.78, 5) is 8.07. The molecule has 1 heterocycles. The molecule has 1 aromatic heterocycles. The van der Waals surface area contributed by atoms with Crippen LogP contribution in [0.2, 0.25) is 0 Å². The molecule has 3 aromatic rings. The van der Waals surface area contributed by atoms with Crippen molar-refractivity contribution in [3.63, 3.8) is 0 Å². The Hall–Kier alpha value is -3.48. The first-order valence-corrected chi connectivity index (χ1v) is 7.77. The smallest absolute Gasteiger partial charge is 0.224 e. The summed E-state index contributed by atoms with van der Waals surface area (Å²) >= 11 is 0. The van der Waals surface area contributed by atoms with E-state index in [2.05, 4.69) is 30.4 Å². The van der Waals surface area contributed by atoms with E-state index in [1.54, 1.807) is 6.07 Å². The minimum atomic E-state index is 0.0878. The fraction of sp³-hybridized carbons (Fsp3) is 0.111. The van der Waals surface area contributed by atoms with Gasteiger partial charge < -0.3 is 5.73 Å². The summed E-state index contributed by atoms with van der Waals surface area (Å²) < 4.78 is 0. The lowest BCUT2D eigenvalue weighted by Crippen LogP contribution is -1.93. The summed E-state index contributed by atoms with van der Waals surface area (Å²) in [7, 11) is 0. The molecule has 0 amide bonds. The molecule has 0 fully saturated rings. The highest BCUT2D eigenvalue weighted by Gasteiger charge is 2.01. The van der Waals surface area contributed by atoms with Crippen molar-refractivity contribution < 1.29 is 0 Å². The summed E-state index contributed by atoms with van der Waals surface area (Å²) in [6.45, 7) is 0.936. The fourth-order valence-electron chi connectivity index (χ4n) is 2.09. The van der Waals surface area contributed by atoms with Crippen molar-refractivity contribution >= 4 is 17.6 Å². The van der Waals surface area contributed by atoms with Crippen LogP contribution in [0.25, 0.3) is 0 Å². The first kappa shape index (κ1) is 16.4. The van der Waals surface area contributed by atoms with E-state index in [9.17, 15) is 0 Å². The monoisotopic (exact) mass is 331 g/mol. The molecule has 2 aromatic carbocycles. The van der Waals surface area contributed by atoms with Crippen LogP contribution in [0.5, 0.6) is 0 Å². The van der Waals surface area contributed by atoms with Crippen molar-refractivity contribution in [2.24, 2.45) is 20.5 Å². The van der Waals surface area contributed by atoms with Crippen LogP contribution >= 0.6 is 0 Å². The molecule has 124 valence electrons. The fourth-order valence-corrected chi connectivity index (χ4v) is 2.09. The van der Waals surface area contributed by atoms with Gasteiger partial charge in [0.25, 0.3) is 0 Å². The van der Waals surface area contributed by atoms with E-state index in [0.717, 1.165) is 11.1 Å². The molecule has 7 heteroatoms. The first-order valence-electron chi connectivity index (χ1n) is 7.77. The molecule has 0 aliphatic carbocycles. The second-order valence-electron chi connectivity index (χ2n) is 5.21. The van der Waals surface area contributed by atoms with Crippen LogP contribution in [0.1, 0.15) is 11.1 Å². The van der Waals surface area contributed by atoms with Crippen molar-refractivity contribution in [1.82, 2.24) is 9.97 Å².